The van der Waals surface area contributed by atoms with E-state index in [1.807, 2.05) is 51.9 Å². The van der Waals surface area contributed by atoms with Crippen LogP contribution >= 0.6 is 11.3 Å². The van der Waals surface area contributed by atoms with Crippen LogP contribution in [0.2, 0.25) is 0 Å². The Hall–Kier alpha value is -2.52. The van der Waals surface area contributed by atoms with E-state index in [4.69, 9.17) is 8.94 Å². The molecular weight excluding hydrogens is 366 g/mol. The molecule has 8 nitrogen and oxygen atoms in total. The van der Waals surface area contributed by atoms with Crippen molar-refractivity contribution in [2.75, 3.05) is 14.1 Å². The summed E-state index contributed by atoms with van der Waals surface area (Å²) in [4.78, 5) is 24.1. The zero-order chi connectivity index (χ0) is 19.8. The van der Waals surface area contributed by atoms with Gasteiger partial charge in [0, 0.05) is 0 Å². The van der Waals surface area contributed by atoms with Crippen molar-refractivity contribution in [2.45, 2.75) is 39.8 Å². The van der Waals surface area contributed by atoms with Crippen LogP contribution < -0.4 is 5.32 Å². The van der Waals surface area contributed by atoms with Gasteiger partial charge in [0.2, 0.25) is 5.89 Å². The molecule has 0 aliphatic heterocycles. The van der Waals surface area contributed by atoms with Crippen LogP contribution in [0.1, 0.15) is 46.7 Å². The summed E-state index contributed by atoms with van der Waals surface area (Å²) in [6.07, 6.45) is 0. The van der Waals surface area contributed by atoms with Gasteiger partial charge < -0.3 is 19.2 Å². The van der Waals surface area contributed by atoms with Gasteiger partial charge in [-0.2, -0.15) is 4.98 Å². The predicted molar refractivity (Wildman–Crippen MR) is 101 cm³/mol. The van der Waals surface area contributed by atoms with E-state index in [-0.39, 0.29) is 5.91 Å². The zero-order valence-corrected chi connectivity index (χ0v) is 17.1. The van der Waals surface area contributed by atoms with Crippen molar-refractivity contribution >= 4 is 17.2 Å². The van der Waals surface area contributed by atoms with Gasteiger partial charge >= 0.3 is 0 Å². The van der Waals surface area contributed by atoms with E-state index in [9.17, 15) is 4.79 Å². The Kier molecular flexibility index (Phi) is 5.16. The molecule has 0 saturated carbocycles. The highest BCUT2D eigenvalue weighted by Crippen LogP contribution is 2.30. The van der Waals surface area contributed by atoms with Crippen LogP contribution in [0.3, 0.4) is 0 Å². The maximum Gasteiger partial charge on any atom is 0.264 e. The summed E-state index contributed by atoms with van der Waals surface area (Å²) < 4.78 is 10.9. The fourth-order valence-electron chi connectivity index (χ4n) is 2.50. The lowest BCUT2D eigenvalue weighted by Gasteiger charge is -2.22. The van der Waals surface area contributed by atoms with Crippen molar-refractivity contribution in [3.63, 3.8) is 0 Å². The predicted octanol–water partition coefficient (Wildman–Crippen LogP) is 3.13. The molecule has 0 unspecified atom stereocenters. The summed E-state index contributed by atoms with van der Waals surface area (Å²) in [5, 5.41) is 7.66. The fraction of sp³-hybridized carbons (Fsp3) is 0.444. The number of hydrogen-bond acceptors (Lipinski definition) is 8. The first-order chi connectivity index (χ1) is 12.7. The molecule has 1 amide bonds. The molecular formula is C18H23N5O3S. The third-order valence-corrected chi connectivity index (χ3v) is 5.03. The minimum absolute atomic E-state index is 0.233. The molecule has 144 valence electrons. The molecule has 3 aromatic heterocycles. The van der Waals surface area contributed by atoms with Crippen LogP contribution in [0.5, 0.6) is 0 Å². The topological polar surface area (TPSA) is 97.3 Å². The van der Waals surface area contributed by atoms with Gasteiger partial charge in [0.25, 0.3) is 5.91 Å². The van der Waals surface area contributed by atoms with E-state index in [2.05, 4.69) is 20.4 Å². The molecule has 0 bridgehead atoms. The van der Waals surface area contributed by atoms with Crippen LogP contribution in [0.4, 0.5) is 0 Å². The van der Waals surface area contributed by atoms with E-state index in [1.165, 1.54) is 11.3 Å². The molecule has 9 heteroatoms. The summed E-state index contributed by atoms with van der Waals surface area (Å²) in [7, 11) is 3.84. The molecule has 0 aliphatic carbocycles. The maximum absolute atomic E-state index is 12.8. The number of amides is 1. The molecule has 0 aliphatic rings. The first kappa shape index (κ1) is 19.2. The number of carbonyl (C=O) groups excluding carboxylic acids is 1. The molecule has 0 fully saturated rings. The molecule has 0 radical (unpaired) electrons. The lowest BCUT2D eigenvalue weighted by atomic mass is 10.0. The van der Waals surface area contributed by atoms with Crippen LogP contribution in [0.15, 0.2) is 21.1 Å². The molecule has 3 aromatic rings. The number of thiazole rings is 1. The number of carbonyl (C=O) groups is 1. The molecule has 27 heavy (non-hydrogen) atoms. The van der Waals surface area contributed by atoms with E-state index >= 15 is 0 Å². The molecule has 0 atom stereocenters. The van der Waals surface area contributed by atoms with E-state index in [1.54, 1.807) is 6.92 Å². The van der Waals surface area contributed by atoms with Crippen LogP contribution in [0, 0.1) is 13.8 Å². The smallest absolute Gasteiger partial charge is 0.264 e. The summed E-state index contributed by atoms with van der Waals surface area (Å²) in [5.74, 6) is 2.16. The average molecular weight is 389 g/mol. The van der Waals surface area contributed by atoms with Crippen LogP contribution in [-0.4, -0.2) is 40.0 Å². The highest BCUT2D eigenvalue weighted by Gasteiger charge is 2.30. The maximum atomic E-state index is 12.8. The highest BCUT2D eigenvalue weighted by molar-refractivity contribution is 7.17. The molecule has 3 heterocycles. The second-order valence-corrected chi connectivity index (χ2v) is 8.17. The Morgan fingerprint density at radius 3 is 2.63 bits per heavy atom. The second kappa shape index (κ2) is 7.24. The normalized spacial score (nSPS) is 12.0. The summed E-state index contributed by atoms with van der Waals surface area (Å²) in [6, 6.07) is 3.72. The number of rotatable bonds is 6. The van der Waals surface area contributed by atoms with Gasteiger partial charge in [-0.1, -0.05) is 5.16 Å². The molecule has 3 rings (SSSR count). The van der Waals surface area contributed by atoms with Crippen LogP contribution in [-0.2, 0) is 12.1 Å². The Morgan fingerprint density at radius 2 is 2.00 bits per heavy atom. The molecule has 0 spiro atoms. The van der Waals surface area contributed by atoms with Crippen molar-refractivity contribution < 1.29 is 13.7 Å². The van der Waals surface area contributed by atoms with E-state index in [0.29, 0.717) is 39.6 Å². The first-order valence-corrected chi connectivity index (χ1v) is 9.32. The Morgan fingerprint density at radius 1 is 1.26 bits per heavy atom. The first-order valence-electron chi connectivity index (χ1n) is 8.50. The third kappa shape index (κ3) is 4.25. The lowest BCUT2D eigenvalue weighted by Crippen LogP contribution is -2.41. The largest absolute Gasteiger partial charge is 0.459 e. The van der Waals surface area contributed by atoms with Gasteiger partial charge in [0.15, 0.2) is 16.6 Å². The van der Waals surface area contributed by atoms with E-state index in [0.717, 1.165) is 5.76 Å². The molecule has 0 aromatic carbocycles. The fourth-order valence-corrected chi connectivity index (χ4v) is 3.43. The number of aryl methyl sites for hydroxylation is 2. The summed E-state index contributed by atoms with van der Waals surface area (Å²) in [5.41, 5.74) is -0.137. The minimum atomic E-state index is -0.789. The van der Waals surface area contributed by atoms with Crippen molar-refractivity contribution in [3.8, 4) is 10.8 Å². The van der Waals surface area contributed by atoms with Gasteiger partial charge in [0.05, 0.1) is 17.8 Å². The van der Waals surface area contributed by atoms with Gasteiger partial charge in [0.1, 0.15) is 10.6 Å². The summed E-state index contributed by atoms with van der Waals surface area (Å²) >= 11 is 1.30. The van der Waals surface area contributed by atoms with Gasteiger partial charge in [-0.25, -0.2) is 4.98 Å². The van der Waals surface area contributed by atoms with E-state index < -0.39 is 5.54 Å². The second-order valence-electron chi connectivity index (χ2n) is 7.17. The zero-order valence-electron chi connectivity index (χ0n) is 16.3. The number of furan rings is 1. The van der Waals surface area contributed by atoms with Crippen LogP contribution in [0.25, 0.3) is 10.8 Å². The average Bonchev–Trinajstić information content (AvgIpc) is 3.26. The Labute approximate surface area is 161 Å². The molecule has 1 N–H and O–H groups in total. The van der Waals surface area contributed by atoms with Crippen molar-refractivity contribution in [1.82, 2.24) is 25.3 Å². The van der Waals surface area contributed by atoms with Gasteiger partial charge in [-0.05, 0) is 53.9 Å². The minimum Gasteiger partial charge on any atom is -0.459 e. The lowest BCUT2D eigenvalue weighted by molar-refractivity contribution is 0.0911. The molecule has 0 saturated heterocycles. The standard InChI is InChI=1S/C18H23N5O3S/c1-10-7-8-12(25-10)16-19-11(2)14(27-16)15(24)21-18(3,4)17-20-13(26-22-17)9-23(5)6/h7-8H,9H2,1-6H3,(H,21,24). The summed E-state index contributed by atoms with van der Waals surface area (Å²) in [6.45, 7) is 7.89. The van der Waals surface area contributed by atoms with Crippen molar-refractivity contribution in [2.24, 2.45) is 0 Å². The number of nitrogens with one attached hydrogen (secondary N) is 1. The highest BCUT2D eigenvalue weighted by atomic mass is 32.1. The van der Waals surface area contributed by atoms with Gasteiger partial charge in [-0.15, -0.1) is 11.3 Å². The SMILES string of the molecule is Cc1ccc(-c2nc(C)c(C(=O)NC(C)(C)c3noc(CN(C)C)n3)s2)o1. The number of hydrogen-bond donors (Lipinski definition) is 1. The number of nitrogens with zero attached hydrogens (tertiary/aromatic N) is 4. The van der Waals surface area contributed by atoms with Crippen molar-refractivity contribution in [3.05, 3.63) is 40.2 Å². The van der Waals surface area contributed by atoms with Crippen molar-refractivity contribution in [1.29, 1.82) is 0 Å². The Balaban J connectivity index is 1.78. The number of aromatic nitrogens is 3. The quantitative estimate of drug-likeness (QED) is 0.692. The van der Waals surface area contributed by atoms with Gasteiger partial charge in [-0.3, -0.25) is 4.79 Å². The Bertz CT molecular complexity index is 954. The third-order valence-electron chi connectivity index (χ3n) is 3.86. The monoisotopic (exact) mass is 389 g/mol.